The first-order valence-corrected chi connectivity index (χ1v) is 6.59. The molecule has 0 aliphatic rings. The van der Waals surface area contributed by atoms with Gasteiger partial charge in [-0.15, -0.1) is 0 Å². The highest BCUT2D eigenvalue weighted by molar-refractivity contribution is 6.31. The van der Waals surface area contributed by atoms with E-state index in [1.54, 1.807) is 18.2 Å². The van der Waals surface area contributed by atoms with Gasteiger partial charge in [0.1, 0.15) is 5.75 Å². The first-order chi connectivity index (χ1) is 10.4. The Bertz CT molecular complexity index is 773. The lowest BCUT2D eigenvalue weighted by Crippen LogP contribution is -2.06. The molecule has 0 aliphatic carbocycles. The maximum Gasteiger partial charge on any atom is 0.336 e. The van der Waals surface area contributed by atoms with Gasteiger partial charge in [-0.05, 0) is 31.2 Å². The SMILES string of the molecule is COc1ccc(Cl)cc1-c1ccc([N+](=O)[O-])c(C)c1C(=O)O. The number of hydrogen-bond donors (Lipinski definition) is 1. The summed E-state index contributed by atoms with van der Waals surface area (Å²) in [6, 6.07) is 7.45. The van der Waals surface area contributed by atoms with Gasteiger partial charge in [-0.3, -0.25) is 10.1 Å². The molecule has 1 N–H and O–H groups in total. The van der Waals surface area contributed by atoms with Gasteiger partial charge in [-0.2, -0.15) is 0 Å². The predicted molar refractivity (Wildman–Crippen MR) is 81.8 cm³/mol. The molecular weight excluding hydrogens is 310 g/mol. The number of hydrogen-bond acceptors (Lipinski definition) is 4. The zero-order chi connectivity index (χ0) is 16.4. The summed E-state index contributed by atoms with van der Waals surface area (Å²) in [4.78, 5) is 22.0. The van der Waals surface area contributed by atoms with Crippen molar-refractivity contribution in [3.05, 3.63) is 56.6 Å². The van der Waals surface area contributed by atoms with Gasteiger partial charge in [0.2, 0.25) is 0 Å². The summed E-state index contributed by atoms with van der Waals surface area (Å²) in [6.45, 7) is 1.40. The number of ether oxygens (including phenoxy) is 1. The third-order valence-electron chi connectivity index (χ3n) is 3.30. The molecule has 6 nitrogen and oxygen atoms in total. The fourth-order valence-electron chi connectivity index (χ4n) is 2.29. The van der Waals surface area contributed by atoms with E-state index in [-0.39, 0.29) is 16.8 Å². The van der Waals surface area contributed by atoms with Crippen molar-refractivity contribution >= 4 is 23.3 Å². The number of benzene rings is 2. The lowest BCUT2D eigenvalue weighted by atomic mass is 9.94. The molecule has 7 heteroatoms. The van der Waals surface area contributed by atoms with Gasteiger partial charge >= 0.3 is 5.97 Å². The Labute approximate surface area is 131 Å². The van der Waals surface area contributed by atoms with E-state index < -0.39 is 10.9 Å². The molecular formula is C15H12ClNO5. The van der Waals surface area contributed by atoms with Crippen LogP contribution in [0.15, 0.2) is 30.3 Å². The smallest absolute Gasteiger partial charge is 0.336 e. The molecule has 2 aromatic rings. The largest absolute Gasteiger partial charge is 0.496 e. The number of nitrogens with zero attached hydrogens (tertiary/aromatic N) is 1. The van der Waals surface area contributed by atoms with Crippen molar-refractivity contribution in [2.75, 3.05) is 7.11 Å². The van der Waals surface area contributed by atoms with Crippen molar-refractivity contribution in [2.24, 2.45) is 0 Å². The highest BCUT2D eigenvalue weighted by Gasteiger charge is 2.24. The van der Waals surface area contributed by atoms with Crippen molar-refractivity contribution in [3.63, 3.8) is 0 Å². The molecule has 0 saturated carbocycles. The van der Waals surface area contributed by atoms with Crippen molar-refractivity contribution in [1.82, 2.24) is 0 Å². The van der Waals surface area contributed by atoms with E-state index in [1.165, 1.54) is 26.2 Å². The van der Waals surface area contributed by atoms with E-state index in [1.807, 2.05) is 0 Å². The van der Waals surface area contributed by atoms with Gasteiger partial charge in [0, 0.05) is 27.8 Å². The molecule has 0 aromatic heterocycles. The monoisotopic (exact) mass is 321 g/mol. The fourth-order valence-corrected chi connectivity index (χ4v) is 2.46. The molecule has 0 fully saturated rings. The van der Waals surface area contributed by atoms with Gasteiger partial charge in [0.25, 0.3) is 5.69 Å². The third-order valence-corrected chi connectivity index (χ3v) is 3.53. The Morgan fingerprint density at radius 3 is 2.50 bits per heavy atom. The molecule has 0 unspecified atom stereocenters. The predicted octanol–water partition coefficient (Wildman–Crippen LogP) is 3.93. The molecule has 2 rings (SSSR count). The van der Waals surface area contributed by atoms with E-state index in [9.17, 15) is 20.0 Å². The second kappa shape index (κ2) is 6.03. The molecule has 0 spiro atoms. The van der Waals surface area contributed by atoms with Gasteiger partial charge in [-0.1, -0.05) is 11.6 Å². The number of carboxylic acids is 1. The molecule has 0 heterocycles. The Kier molecular flexibility index (Phi) is 4.32. The summed E-state index contributed by atoms with van der Waals surface area (Å²) < 4.78 is 5.22. The molecule has 2 aromatic carbocycles. The minimum atomic E-state index is -1.25. The molecule has 0 saturated heterocycles. The van der Waals surface area contributed by atoms with Crippen LogP contribution in [-0.2, 0) is 0 Å². The van der Waals surface area contributed by atoms with Crippen molar-refractivity contribution in [1.29, 1.82) is 0 Å². The van der Waals surface area contributed by atoms with E-state index in [2.05, 4.69) is 0 Å². The average Bonchev–Trinajstić information content (AvgIpc) is 2.45. The van der Waals surface area contributed by atoms with Crippen molar-refractivity contribution in [2.45, 2.75) is 6.92 Å². The van der Waals surface area contributed by atoms with Crippen LogP contribution in [0.1, 0.15) is 15.9 Å². The molecule has 0 radical (unpaired) electrons. The Morgan fingerprint density at radius 1 is 1.27 bits per heavy atom. The van der Waals surface area contributed by atoms with Crippen LogP contribution in [0.5, 0.6) is 5.75 Å². The second-order valence-corrected chi connectivity index (χ2v) is 4.98. The summed E-state index contributed by atoms with van der Waals surface area (Å²) in [7, 11) is 1.45. The number of rotatable bonds is 4. The van der Waals surface area contributed by atoms with Crippen LogP contribution >= 0.6 is 11.6 Å². The van der Waals surface area contributed by atoms with Crippen molar-refractivity contribution < 1.29 is 19.6 Å². The Balaban J connectivity index is 2.82. The number of halogens is 1. The summed E-state index contributed by atoms with van der Waals surface area (Å²) in [5.74, 6) is -0.821. The third kappa shape index (κ3) is 2.73. The highest BCUT2D eigenvalue weighted by atomic mass is 35.5. The Hall–Kier alpha value is -2.60. The number of nitro benzene ring substituents is 1. The summed E-state index contributed by atoms with van der Waals surface area (Å²) >= 11 is 5.97. The quantitative estimate of drug-likeness (QED) is 0.680. The second-order valence-electron chi connectivity index (χ2n) is 4.54. The van der Waals surface area contributed by atoms with Crippen LogP contribution in [-0.4, -0.2) is 23.1 Å². The van der Waals surface area contributed by atoms with Crippen LogP contribution in [0.4, 0.5) is 5.69 Å². The van der Waals surface area contributed by atoms with Crippen LogP contribution in [0, 0.1) is 17.0 Å². The van der Waals surface area contributed by atoms with Crippen LogP contribution < -0.4 is 4.74 Å². The normalized spacial score (nSPS) is 10.3. The number of carboxylic acid groups (broad SMARTS) is 1. The summed E-state index contributed by atoms with van der Waals surface area (Å²) in [6.07, 6.45) is 0. The van der Waals surface area contributed by atoms with E-state index >= 15 is 0 Å². The maximum absolute atomic E-state index is 11.6. The van der Waals surface area contributed by atoms with E-state index in [0.29, 0.717) is 21.9 Å². The minimum absolute atomic E-state index is 0.0806. The van der Waals surface area contributed by atoms with Crippen LogP contribution in [0.2, 0.25) is 5.02 Å². The first kappa shape index (κ1) is 15.8. The molecule has 22 heavy (non-hydrogen) atoms. The molecule has 0 atom stereocenters. The molecule has 0 aliphatic heterocycles. The van der Waals surface area contributed by atoms with E-state index in [4.69, 9.17) is 16.3 Å². The van der Waals surface area contributed by atoms with E-state index in [0.717, 1.165) is 0 Å². The number of nitro groups is 1. The van der Waals surface area contributed by atoms with Gasteiger partial charge in [0.15, 0.2) is 0 Å². The van der Waals surface area contributed by atoms with Crippen molar-refractivity contribution in [3.8, 4) is 16.9 Å². The van der Waals surface area contributed by atoms with Gasteiger partial charge in [0.05, 0.1) is 17.6 Å². The zero-order valence-corrected chi connectivity index (χ0v) is 12.5. The van der Waals surface area contributed by atoms with Crippen LogP contribution in [0.25, 0.3) is 11.1 Å². The Morgan fingerprint density at radius 2 is 1.95 bits per heavy atom. The fraction of sp³-hybridized carbons (Fsp3) is 0.133. The minimum Gasteiger partial charge on any atom is -0.496 e. The topological polar surface area (TPSA) is 89.7 Å². The lowest BCUT2D eigenvalue weighted by molar-refractivity contribution is -0.385. The maximum atomic E-state index is 11.6. The molecule has 0 amide bonds. The average molecular weight is 322 g/mol. The van der Waals surface area contributed by atoms with Gasteiger partial charge in [-0.25, -0.2) is 4.79 Å². The number of carbonyl (C=O) groups is 1. The lowest BCUT2D eigenvalue weighted by Gasteiger charge is -2.13. The molecule has 0 bridgehead atoms. The highest BCUT2D eigenvalue weighted by Crippen LogP contribution is 2.37. The summed E-state index contributed by atoms with van der Waals surface area (Å²) in [5, 5.41) is 20.8. The summed E-state index contributed by atoms with van der Waals surface area (Å²) in [5.41, 5.74) is 0.467. The van der Waals surface area contributed by atoms with Crippen LogP contribution in [0.3, 0.4) is 0 Å². The number of methoxy groups -OCH3 is 1. The standard InChI is InChI=1S/C15H12ClNO5/c1-8-12(17(20)21)5-4-10(14(8)15(18)19)11-7-9(16)3-6-13(11)22-2/h3-7H,1-2H3,(H,18,19). The first-order valence-electron chi connectivity index (χ1n) is 6.22. The molecule has 114 valence electrons. The zero-order valence-electron chi connectivity index (χ0n) is 11.8. The van der Waals surface area contributed by atoms with Gasteiger partial charge < -0.3 is 9.84 Å². The number of aromatic carboxylic acids is 1.